The van der Waals surface area contributed by atoms with Crippen LogP contribution >= 0.6 is 23.4 Å². The van der Waals surface area contributed by atoms with Crippen molar-refractivity contribution in [3.63, 3.8) is 0 Å². The summed E-state index contributed by atoms with van der Waals surface area (Å²) in [6.07, 6.45) is 0.934. The highest BCUT2D eigenvalue weighted by Crippen LogP contribution is 2.30. The fourth-order valence-corrected chi connectivity index (χ4v) is 2.51. The van der Waals surface area contributed by atoms with Gasteiger partial charge in [0.05, 0.1) is 27.0 Å². The standard InChI is InChI=1S/C13H14ClNO4S/c1-3-19-13(16)10-6-5-9(7-11(10)14)12(20-4-2)8-15(17)18/h5-8H,3-4H2,1-2H3/b12-8-. The van der Waals surface area contributed by atoms with E-state index < -0.39 is 10.9 Å². The number of carbonyl (C=O) groups excluding carboxylic acids is 1. The Morgan fingerprint density at radius 2 is 2.20 bits per heavy atom. The summed E-state index contributed by atoms with van der Waals surface area (Å²) in [6.45, 7) is 3.86. The molecule has 1 aromatic carbocycles. The summed E-state index contributed by atoms with van der Waals surface area (Å²) in [5.74, 6) is 0.184. The Bertz CT molecular complexity index is 545. The Balaban J connectivity index is 3.12. The molecule has 0 saturated carbocycles. The van der Waals surface area contributed by atoms with E-state index >= 15 is 0 Å². The summed E-state index contributed by atoms with van der Waals surface area (Å²) in [4.78, 5) is 22.2. The van der Waals surface area contributed by atoms with Crippen LogP contribution in [0.15, 0.2) is 24.4 Å². The number of esters is 1. The van der Waals surface area contributed by atoms with Gasteiger partial charge in [-0.2, -0.15) is 0 Å². The maximum atomic E-state index is 11.6. The van der Waals surface area contributed by atoms with Crippen molar-refractivity contribution in [3.8, 4) is 0 Å². The Morgan fingerprint density at radius 3 is 2.70 bits per heavy atom. The smallest absolute Gasteiger partial charge is 0.339 e. The van der Waals surface area contributed by atoms with Gasteiger partial charge in [-0.3, -0.25) is 10.1 Å². The lowest BCUT2D eigenvalue weighted by Crippen LogP contribution is -2.05. The molecule has 0 aromatic heterocycles. The predicted molar refractivity (Wildman–Crippen MR) is 80.5 cm³/mol. The van der Waals surface area contributed by atoms with E-state index in [1.54, 1.807) is 13.0 Å². The number of thioether (sulfide) groups is 1. The van der Waals surface area contributed by atoms with Gasteiger partial charge in [-0.05, 0) is 30.4 Å². The molecular weight excluding hydrogens is 302 g/mol. The topological polar surface area (TPSA) is 69.4 Å². The normalized spacial score (nSPS) is 11.2. The number of hydrogen-bond donors (Lipinski definition) is 0. The van der Waals surface area contributed by atoms with E-state index in [2.05, 4.69) is 0 Å². The van der Waals surface area contributed by atoms with E-state index in [9.17, 15) is 14.9 Å². The minimum absolute atomic E-state index is 0.215. The lowest BCUT2D eigenvalue weighted by molar-refractivity contribution is -0.401. The van der Waals surface area contributed by atoms with E-state index in [4.69, 9.17) is 16.3 Å². The third-order valence-corrected chi connectivity index (χ3v) is 3.52. The summed E-state index contributed by atoms with van der Waals surface area (Å²) in [5.41, 5.74) is 0.853. The zero-order valence-electron chi connectivity index (χ0n) is 11.1. The Morgan fingerprint density at radius 1 is 1.50 bits per heavy atom. The fourth-order valence-electron chi connectivity index (χ4n) is 1.49. The van der Waals surface area contributed by atoms with Crippen LogP contribution in [0.25, 0.3) is 4.91 Å². The summed E-state index contributed by atoms with van der Waals surface area (Å²) in [5, 5.41) is 10.8. The van der Waals surface area contributed by atoms with Crippen molar-refractivity contribution in [1.29, 1.82) is 0 Å². The molecule has 0 aliphatic rings. The first-order valence-corrected chi connectivity index (χ1v) is 7.31. The number of benzene rings is 1. The molecule has 0 amide bonds. The third kappa shape index (κ3) is 4.54. The monoisotopic (exact) mass is 315 g/mol. The molecule has 1 rings (SSSR count). The van der Waals surface area contributed by atoms with Gasteiger partial charge in [-0.1, -0.05) is 24.6 Å². The number of halogens is 1. The van der Waals surface area contributed by atoms with Crippen molar-refractivity contribution in [3.05, 3.63) is 50.7 Å². The number of nitro groups is 1. The molecule has 7 heteroatoms. The molecule has 0 bridgehead atoms. The molecule has 5 nitrogen and oxygen atoms in total. The summed E-state index contributed by atoms with van der Waals surface area (Å²) in [6, 6.07) is 4.67. The largest absolute Gasteiger partial charge is 0.462 e. The molecule has 0 fully saturated rings. The van der Waals surface area contributed by atoms with Gasteiger partial charge >= 0.3 is 5.97 Å². The molecule has 0 unspecified atom stereocenters. The van der Waals surface area contributed by atoms with Gasteiger partial charge in [0, 0.05) is 0 Å². The molecule has 0 aliphatic heterocycles. The molecule has 0 atom stereocenters. The lowest BCUT2D eigenvalue weighted by Gasteiger charge is -2.07. The number of nitrogens with zero attached hydrogens (tertiary/aromatic N) is 1. The predicted octanol–water partition coefficient (Wildman–Crippen LogP) is 3.84. The molecule has 0 saturated heterocycles. The average Bonchev–Trinajstić information content (AvgIpc) is 2.37. The maximum absolute atomic E-state index is 11.6. The van der Waals surface area contributed by atoms with Crippen molar-refractivity contribution in [1.82, 2.24) is 0 Å². The van der Waals surface area contributed by atoms with Crippen molar-refractivity contribution < 1.29 is 14.5 Å². The summed E-state index contributed by atoms with van der Waals surface area (Å²) < 4.78 is 4.87. The summed E-state index contributed by atoms with van der Waals surface area (Å²) in [7, 11) is 0. The van der Waals surface area contributed by atoms with Gasteiger partial charge in [-0.15, -0.1) is 11.8 Å². The van der Waals surface area contributed by atoms with Gasteiger partial charge in [0.1, 0.15) is 0 Å². The molecular formula is C13H14ClNO4S. The number of rotatable bonds is 6. The molecule has 108 valence electrons. The molecule has 0 aliphatic carbocycles. The minimum Gasteiger partial charge on any atom is -0.462 e. The van der Waals surface area contributed by atoms with Gasteiger partial charge in [0.25, 0.3) is 0 Å². The van der Waals surface area contributed by atoms with E-state index in [-0.39, 0.29) is 17.2 Å². The Hall–Kier alpha value is -1.53. The van der Waals surface area contributed by atoms with E-state index in [0.717, 1.165) is 6.20 Å². The third-order valence-electron chi connectivity index (χ3n) is 2.27. The number of carbonyl (C=O) groups is 1. The maximum Gasteiger partial charge on any atom is 0.339 e. The minimum atomic E-state index is -0.509. The molecule has 0 radical (unpaired) electrons. The highest BCUT2D eigenvalue weighted by Gasteiger charge is 2.14. The van der Waals surface area contributed by atoms with Crippen LogP contribution in [0, 0.1) is 10.1 Å². The zero-order valence-corrected chi connectivity index (χ0v) is 12.7. The molecule has 0 N–H and O–H groups in total. The first kappa shape index (κ1) is 16.5. The van der Waals surface area contributed by atoms with E-state index in [1.807, 2.05) is 6.92 Å². The molecule has 1 aromatic rings. The van der Waals surface area contributed by atoms with Crippen molar-refractivity contribution in [2.24, 2.45) is 0 Å². The zero-order chi connectivity index (χ0) is 15.1. The van der Waals surface area contributed by atoms with Crippen LogP contribution in [0.5, 0.6) is 0 Å². The Kier molecular flexibility index (Phi) is 6.54. The number of hydrogen-bond acceptors (Lipinski definition) is 5. The van der Waals surface area contributed by atoms with Crippen LogP contribution in [0.1, 0.15) is 29.8 Å². The second kappa shape index (κ2) is 7.91. The summed E-state index contributed by atoms with van der Waals surface area (Å²) >= 11 is 7.37. The van der Waals surface area contributed by atoms with E-state index in [1.165, 1.54) is 23.9 Å². The van der Waals surface area contributed by atoms with Crippen LogP contribution in [0.2, 0.25) is 5.02 Å². The second-order valence-electron chi connectivity index (χ2n) is 3.63. The Labute approximate surface area is 126 Å². The van der Waals surface area contributed by atoms with Crippen LogP contribution in [-0.4, -0.2) is 23.3 Å². The first-order valence-electron chi connectivity index (χ1n) is 5.94. The first-order chi connectivity index (χ1) is 9.49. The fraction of sp³-hybridized carbons (Fsp3) is 0.308. The van der Waals surface area contributed by atoms with Gasteiger partial charge in [0.15, 0.2) is 0 Å². The number of ether oxygens (including phenoxy) is 1. The van der Waals surface area contributed by atoms with Crippen molar-refractivity contribution in [2.75, 3.05) is 12.4 Å². The lowest BCUT2D eigenvalue weighted by atomic mass is 10.1. The van der Waals surface area contributed by atoms with Gasteiger partial charge in [-0.25, -0.2) is 4.79 Å². The van der Waals surface area contributed by atoms with Crippen molar-refractivity contribution in [2.45, 2.75) is 13.8 Å². The highest BCUT2D eigenvalue weighted by atomic mass is 35.5. The van der Waals surface area contributed by atoms with Crippen LogP contribution in [0.3, 0.4) is 0 Å². The highest BCUT2D eigenvalue weighted by molar-refractivity contribution is 8.08. The second-order valence-corrected chi connectivity index (χ2v) is 5.34. The average molecular weight is 316 g/mol. The SMILES string of the molecule is CCOC(=O)c1ccc(/C(=C/[N+](=O)[O-])SCC)cc1Cl. The molecule has 0 spiro atoms. The molecule has 20 heavy (non-hydrogen) atoms. The van der Waals surface area contributed by atoms with Gasteiger partial charge in [0.2, 0.25) is 6.20 Å². The van der Waals surface area contributed by atoms with Crippen molar-refractivity contribution >= 4 is 34.2 Å². The quantitative estimate of drug-likeness (QED) is 0.453. The van der Waals surface area contributed by atoms with Gasteiger partial charge < -0.3 is 4.74 Å². The van der Waals surface area contributed by atoms with Crippen LogP contribution < -0.4 is 0 Å². The van der Waals surface area contributed by atoms with Crippen LogP contribution in [-0.2, 0) is 4.74 Å². The van der Waals surface area contributed by atoms with Crippen LogP contribution in [0.4, 0.5) is 0 Å². The van der Waals surface area contributed by atoms with E-state index in [0.29, 0.717) is 16.2 Å². The molecule has 0 heterocycles.